The highest BCUT2D eigenvalue weighted by Crippen LogP contribution is 2.12. The molecule has 2 N–H and O–H groups in total. The number of carbonyl (C=O) groups is 2. The van der Waals surface area contributed by atoms with Crippen molar-refractivity contribution in [3.8, 4) is 5.75 Å². The Labute approximate surface area is 111 Å². The molecule has 0 spiro atoms. The summed E-state index contributed by atoms with van der Waals surface area (Å²) in [6.07, 6.45) is 0.184. The predicted octanol–water partition coefficient (Wildman–Crippen LogP) is 0.590. The number of likely N-dealkylation sites (N-methyl/N-ethyl adjacent to an activating group) is 1. The van der Waals surface area contributed by atoms with Crippen molar-refractivity contribution < 1.29 is 19.5 Å². The van der Waals surface area contributed by atoms with E-state index in [2.05, 4.69) is 0 Å². The zero-order chi connectivity index (χ0) is 14.4. The molecular formula is C13H18N2O4. The van der Waals surface area contributed by atoms with Crippen molar-refractivity contribution in [2.24, 2.45) is 0 Å². The third-order valence-corrected chi connectivity index (χ3v) is 2.98. The number of methoxy groups -OCH3 is 1. The van der Waals surface area contributed by atoms with Crippen molar-refractivity contribution in [2.45, 2.75) is 19.4 Å². The molecule has 2 amide bonds. The van der Waals surface area contributed by atoms with Crippen LogP contribution in [-0.2, 0) is 16.0 Å². The lowest BCUT2D eigenvalue weighted by atomic mass is 10.1. The zero-order valence-electron chi connectivity index (χ0n) is 11.2. The summed E-state index contributed by atoms with van der Waals surface area (Å²) in [5, 5.41) is 8.53. The summed E-state index contributed by atoms with van der Waals surface area (Å²) in [4.78, 5) is 24.5. The summed E-state index contributed by atoms with van der Waals surface area (Å²) >= 11 is 0. The topological polar surface area (TPSA) is 78.9 Å². The summed E-state index contributed by atoms with van der Waals surface area (Å²) in [6, 6.07) is 6.40. The van der Waals surface area contributed by atoms with Gasteiger partial charge in [-0.3, -0.25) is 14.8 Å². The molecule has 104 valence electrons. The second-order valence-electron chi connectivity index (χ2n) is 4.18. The van der Waals surface area contributed by atoms with Gasteiger partial charge in [0.1, 0.15) is 11.8 Å². The van der Waals surface area contributed by atoms with Crippen LogP contribution in [0.1, 0.15) is 12.5 Å². The van der Waals surface area contributed by atoms with Gasteiger partial charge in [0.05, 0.1) is 13.5 Å². The molecule has 0 aromatic heterocycles. The fourth-order valence-corrected chi connectivity index (χ4v) is 1.53. The van der Waals surface area contributed by atoms with Gasteiger partial charge in [-0.15, -0.1) is 0 Å². The first kappa shape index (κ1) is 15.0. The Morgan fingerprint density at radius 3 is 2.42 bits per heavy atom. The molecule has 0 unspecified atom stereocenters. The van der Waals surface area contributed by atoms with Gasteiger partial charge in [0.2, 0.25) is 5.91 Å². The quantitative estimate of drug-likeness (QED) is 0.604. The summed E-state index contributed by atoms with van der Waals surface area (Å²) in [6.45, 7) is 1.54. The van der Waals surface area contributed by atoms with Crippen molar-refractivity contribution in [3.63, 3.8) is 0 Å². The third kappa shape index (κ3) is 3.96. The van der Waals surface area contributed by atoms with E-state index in [1.165, 1.54) is 24.4 Å². The molecule has 19 heavy (non-hydrogen) atoms. The summed E-state index contributed by atoms with van der Waals surface area (Å²) in [5.74, 6) is -0.107. The van der Waals surface area contributed by atoms with Crippen LogP contribution < -0.4 is 10.2 Å². The molecule has 1 atom stereocenters. The molecule has 6 nitrogen and oxygen atoms in total. The van der Waals surface area contributed by atoms with Crippen LogP contribution in [0.15, 0.2) is 24.3 Å². The Morgan fingerprint density at radius 1 is 1.37 bits per heavy atom. The van der Waals surface area contributed by atoms with E-state index < -0.39 is 11.9 Å². The lowest BCUT2D eigenvalue weighted by molar-refractivity contribution is -0.142. The van der Waals surface area contributed by atoms with Crippen LogP contribution in [0.25, 0.3) is 0 Å². The van der Waals surface area contributed by atoms with Crippen LogP contribution in [0.5, 0.6) is 5.75 Å². The van der Waals surface area contributed by atoms with Gasteiger partial charge in [-0.2, -0.15) is 0 Å². The van der Waals surface area contributed by atoms with E-state index in [1.54, 1.807) is 31.4 Å². The highest BCUT2D eigenvalue weighted by molar-refractivity contribution is 5.87. The highest BCUT2D eigenvalue weighted by atomic mass is 16.5. The molecular weight excluding hydrogens is 248 g/mol. The first-order valence-corrected chi connectivity index (χ1v) is 5.82. The first-order valence-electron chi connectivity index (χ1n) is 5.82. The fourth-order valence-electron chi connectivity index (χ4n) is 1.53. The SMILES string of the molecule is COc1ccc(CC(=O)N(C)[C@@H](C)C(=O)NO)cc1. The van der Waals surface area contributed by atoms with Crippen LogP contribution in [0.4, 0.5) is 0 Å². The number of ether oxygens (including phenoxy) is 1. The molecule has 1 rings (SSSR count). The van der Waals surface area contributed by atoms with Crippen LogP contribution in [-0.4, -0.2) is 42.1 Å². The molecule has 0 saturated heterocycles. The number of rotatable bonds is 5. The van der Waals surface area contributed by atoms with Crippen molar-refractivity contribution >= 4 is 11.8 Å². The van der Waals surface area contributed by atoms with E-state index in [4.69, 9.17) is 9.94 Å². The van der Waals surface area contributed by atoms with E-state index in [0.717, 1.165) is 11.3 Å². The van der Waals surface area contributed by atoms with Crippen molar-refractivity contribution in [1.29, 1.82) is 0 Å². The molecule has 6 heteroatoms. The molecule has 0 aliphatic carbocycles. The van der Waals surface area contributed by atoms with Gasteiger partial charge in [-0.1, -0.05) is 12.1 Å². The van der Waals surface area contributed by atoms with E-state index in [1.807, 2.05) is 0 Å². The maximum absolute atomic E-state index is 12.0. The number of amides is 2. The average Bonchev–Trinajstić information content (AvgIpc) is 2.45. The smallest absolute Gasteiger partial charge is 0.265 e. The van der Waals surface area contributed by atoms with E-state index >= 15 is 0 Å². The Kier molecular flexibility index (Phi) is 5.32. The molecule has 0 fully saturated rings. The highest BCUT2D eigenvalue weighted by Gasteiger charge is 2.21. The van der Waals surface area contributed by atoms with E-state index in [-0.39, 0.29) is 12.3 Å². The lowest BCUT2D eigenvalue weighted by Gasteiger charge is -2.23. The second kappa shape index (κ2) is 6.75. The fraction of sp³-hybridized carbons (Fsp3) is 0.385. The maximum Gasteiger partial charge on any atom is 0.265 e. The molecule has 0 radical (unpaired) electrons. The number of benzene rings is 1. The minimum Gasteiger partial charge on any atom is -0.497 e. The Bertz CT molecular complexity index is 444. The summed E-state index contributed by atoms with van der Waals surface area (Å²) in [7, 11) is 3.09. The summed E-state index contributed by atoms with van der Waals surface area (Å²) in [5.41, 5.74) is 2.36. The van der Waals surface area contributed by atoms with Crippen LogP contribution in [0.2, 0.25) is 0 Å². The number of hydroxylamine groups is 1. The maximum atomic E-state index is 12.0. The van der Waals surface area contributed by atoms with Crippen LogP contribution >= 0.6 is 0 Å². The number of nitrogens with zero attached hydrogens (tertiary/aromatic N) is 1. The van der Waals surface area contributed by atoms with Gasteiger partial charge in [0.15, 0.2) is 0 Å². The molecule has 0 bridgehead atoms. The van der Waals surface area contributed by atoms with Gasteiger partial charge < -0.3 is 9.64 Å². The van der Waals surface area contributed by atoms with Crippen LogP contribution in [0.3, 0.4) is 0 Å². The number of nitrogens with one attached hydrogen (secondary N) is 1. The normalized spacial score (nSPS) is 11.6. The molecule has 0 aliphatic rings. The number of carbonyl (C=O) groups excluding carboxylic acids is 2. The van der Waals surface area contributed by atoms with E-state index in [0.29, 0.717) is 0 Å². The second-order valence-corrected chi connectivity index (χ2v) is 4.18. The van der Waals surface area contributed by atoms with Crippen LogP contribution in [0, 0.1) is 0 Å². The standard InChI is InChI=1S/C13H18N2O4/c1-9(13(17)14-18)15(2)12(16)8-10-4-6-11(19-3)7-5-10/h4-7,9,18H,8H2,1-3H3,(H,14,17)/t9-/m0/s1. The largest absolute Gasteiger partial charge is 0.497 e. The first-order chi connectivity index (χ1) is 8.99. The van der Waals surface area contributed by atoms with Gasteiger partial charge in [-0.05, 0) is 24.6 Å². The molecule has 1 aromatic rings. The molecule has 0 saturated carbocycles. The molecule has 1 aromatic carbocycles. The van der Waals surface area contributed by atoms with Gasteiger partial charge in [0, 0.05) is 7.05 Å². The van der Waals surface area contributed by atoms with Crippen molar-refractivity contribution in [2.75, 3.05) is 14.2 Å². The van der Waals surface area contributed by atoms with Gasteiger partial charge in [0.25, 0.3) is 5.91 Å². The Balaban J connectivity index is 2.65. The molecule has 0 aliphatic heterocycles. The lowest BCUT2D eigenvalue weighted by Crippen LogP contribution is -2.45. The zero-order valence-corrected chi connectivity index (χ0v) is 11.2. The Hall–Kier alpha value is -2.08. The van der Waals surface area contributed by atoms with E-state index in [9.17, 15) is 9.59 Å². The predicted molar refractivity (Wildman–Crippen MR) is 68.9 cm³/mol. The van der Waals surface area contributed by atoms with Gasteiger partial charge >= 0.3 is 0 Å². The number of hydrogen-bond acceptors (Lipinski definition) is 4. The minimum absolute atomic E-state index is 0.184. The van der Waals surface area contributed by atoms with Crippen molar-refractivity contribution in [3.05, 3.63) is 29.8 Å². The Morgan fingerprint density at radius 2 is 1.95 bits per heavy atom. The molecule has 0 heterocycles. The third-order valence-electron chi connectivity index (χ3n) is 2.98. The number of hydrogen-bond donors (Lipinski definition) is 2. The average molecular weight is 266 g/mol. The van der Waals surface area contributed by atoms with Gasteiger partial charge in [-0.25, -0.2) is 5.48 Å². The van der Waals surface area contributed by atoms with Crippen molar-refractivity contribution in [1.82, 2.24) is 10.4 Å². The monoisotopic (exact) mass is 266 g/mol. The summed E-state index contributed by atoms with van der Waals surface area (Å²) < 4.78 is 5.03. The minimum atomic E-state index is -0.726.